The van der Waals surface area contributed by atoms with Gasteiger partial charge in [-0.15, -0.1) is 0 Å². The number of hydrogen-bond acceptors (Lipinski definition) is 2. The van der Waals surface area contributed by atoms with Crippen LogP contribution in [0.25, 0.3) is 0 Å². The first-order valence-corrected chi connectivity index (χ1v) is 6.04. The van der Waals surface area contributed by atoms with Crippen molar-refractivity contribution in [2.24, 2.45) is 0 Å². The quantitative estimate of drug-likeness (QED) is 0.909. The van der Waals surface area contributed by atoms with E-state index >= 15 is 0 Å². The highest BCUT2D eigenvalue weighted by atomic mass is 79.9. The summed E-state index contributed by atoms with van der Waals surface area (Å²) in [6.45, 7) is 0. The lowest BCUT2D eigenvalue weighted by Crippen LogP contribution is -2.25. The maximum Gasteiger partial charge on any atom is 0.303 e. The molecule has 1 rings (SSSR count). The predicted molar refractivity (Wildman–Crippen MR) is 69.0 cm³/mol. The predicted octanol–water partition coefficient (Wildman–Crippen LogP) is 2.67. The zero-order valence-electron chi connectivity index (χ0n) is 9.52. The molecule has 0 aromatic heterocycles. The van der Waals surface area contributed by atoms with Gasteiger partial charge in [0.05, 0.1) is 0 Å². The van der Waals surface area contributed by atoms with Crippen molar-refractivity contribution in [1.29, 1.82) is 0 Å². The Hall–Kier alpha value is -1.36. The Balaban J connectivity index is 2.51. The molecule has 0 saturated heterocycles. The van der Waals surface area contributed by atoms with Crippen LogP contribution in [0.1, 0.15) is 19.3 Å². The fraction of sp³-hybridized carbons (Fsp3) is 0.333. The van der Waals surface area contributed by atoms with Crippen LogP contribution < -0.4 is 4.90 Å². The molecule has 1 N–H and O–H groups in total. The number of carbonyl (C=O) groups is 2. The molecule has 0 heterocycles. The van der Waals surface area contributed by atoms with Crippen LogP contribution >= 0.6 is 15.9 Å². The molecule has 0 fully saturated rings. The molecule has 0 unspecified atom stereocenters. The van der Waals surface area contributed by atoms with Crippen molar-refractivity contribution in [3.05, 3.63) is 28.7 Å². The molecule has 0 atom stereocenters. The molecule has 1 aromatic rings. The number of anilines is 1. The summed E-state index contributed by atoms with van der Waals surface area (Å²) in [6, 6.07) is 7.38. The van der Waals surface area contributed by atoms with E-state index < -0.39 is 5.97 Å². The molecule has 4 nitrogen and oxygen atoms in total. The van der Waals surface area contributed by atoms with Gasteiger partial charge in [-0.25, -0.2) is 0 Å². The number of aliphatic carboxylic acids is 1. The first-order chi connectivity index (χ1) is 8.00. The van der Waals surface area contributed by atoms with Gasteiger partial charge in [-0.05, 0) is 30.7 Å². The zero-order chi connectivity index (χ0) is 12.8. The maximum atomic E-state index is 11.7. The summed E-state index contributed by atoms with van der Waals surface area (Å²) in [5, 5.41) is 8.48. The van der Waals surface area contributed by atoms with Gasteiger partial charge in [0.25, 0.3) is 0 Å². The average Bonchev–Trinajstić information content (AvgIpc) is 2.28. The molecule has 0 aliphatic rings. The summed E-state index contributed by atoms with van der Waals surface area (Å²) in [7, 11) is 1.69. The second kappa shape index (κ2) is 6.39. The number of carboxylic acids is 1. The first kappa shape index (κ1) is 13.7. The van der Waals surface area contributed by atoms with E-state index in [-0.39, 0.29) is 18.7 Å². The van der Waals surface area contributed by atoms with Gasteiger partial charge in [0.1, 0.15) is 0 Å². The van der Waals surface area contributed by atoms with Crippen molar-refractivity contribution >= 4 is 33.5 Å². The Labute approximate surface area is 108 Å². The lowest BCUT2D eigenvalue weighted by molar-refractivity contribution is -0.137. The standard InChI is InChI=1S/C12H14BrNO3/c1-14(10-7-5-9(13)6-8-10)11(15)3-2-4-12(16)17/h5-8H,2-4H2,1H3,(H,16,17). The van der Waals surface area contributed by atoms with Crippen LogP contribution in [0.4, 0.5) is 5.69 Å². The zero-order valence-corrected chi connectivity index (χ0v) is 11.1. The minimum Gasteiger partial charge on any atom is -0.481 e. The van der Waals surface area contributed by atoms with Crippen molar-refractivity contribution in [2.75, 3.05) is 11.9 Å². The molecule has 17 heavy (non-hydrogen) atoms. The van der Waals surface area contributed by atoms with Crippen molar-refractivity contribution in [1.82, 2.24) is 0 Å². The second-order valence-corrected chi connectivity index (χ2v) is 4.59. The monoisotopic (exact) mass is 299 g/mol. The van der Waals surface area contributed by atoms with Crippen molar-refractivity contribution in [3.63, 3.8) is 0 Å². The molecule has 0 radical (unpaired) electrons. The summed E-state index contributed by atoms with van der Waals surface area (Å²) in [4.78, 5) is 23.6. The van der Waals surface area contributed by atoms with Gasteiger partial charge < -0.3 is 10.0 Å². The molecule has 92 valence electrons. The van der Waals surface area contributed by atoms with Crippen LogP contribution in [0.15, 0.2) is 28.7 Å². The molecule has 1 amide bonds. The topological polar surface area (TPSA) is 57.6 Å². The van der Waals surface area contributed by atoms with E-state index in [4.69, 9.17) is 5.11 Å². The molecule has 0 aliphatic carbocycles. The van der Waals surface area contributed by atoms with Gasteiger partial charge >= 0.3 is 5.97 Å². The summed E-state index contributed by atoms with van der Waals surface area (Å²) in [5.74, 6) is -0.947. The minimum absolute atomic E-state index is 0.0277. The number of carboxylic acid groups (broad SMARTS) is 1. The van der Waals surface area contributed by atoms with E-state index in [1.54, 1.807) is 7.05 Å². The van der Waals surface area contributed by atoms with E-state index in [0.717, 1.165) is 10.2 Å². The van der Waals surface area contributed by atoms with Crippen LogP contribution in [0.3, 0.4) is 0 Å². The smallest absolute Gasteiger partial charge is 0.303 e. The van der Waals surface area contributed by atoms with E-state index in [0.29, 0.717) is 6.42 Å². The van der Waals surface area contributed by atoms with Gasteiger partial charge in [0.2, 0.25) is 5.91 Å². The fourth-order valence-corrected chi connectivity index (χ4v) is 1.63. The third-order valence-corrected chi connectivity index (χ3v) is 2.90. The number of halogens is 1. The van der Waals surface area contributed by atoms with Crippen molar-refractivity contribution in [3.8, 4) is 0 Å². The number of rotatable bonds is 5. The number of hydrogen-bond donors (Lipinski definition) is 1. The van der Waals surface area contributed by atoms with Gasteiger partial charge in [-0.3, -0.25) is 9.59 Å². The Morgan fingerprint density at radius 2 is 1.82 bits per heavy atom. The Bertz CT molecular complexity index is 403. The summed E-state index contributed by atoms with van der Waals surface area (Å²) in [6.07, 6.45) is 0.647. The lowest BCUT2D eigenvalue weighted by atomic mass is 10.2. The SMILES string of the molecule is CN(C(=O)CCCC(=O)O)c1ccc(Br)cc1. The van der Waals surface area contributed by atoms with E-state index in [1.807, 2.05) is 24.3 Å². The third-order valence-electron chi connectivity index (χ3n) is 2.37. The largest absolute Gasteiger partial charge is 0.481 e. The maximum absolute atomic E-state index is 11.7. The highest BCUT2D eigenvalue weighted by Gasteiger charge is 2.11. The van der Waals surface area contributed by atoms with Crippen molar-refractivity contribution < 1.29 is 14.7 Å². The van der Waals surface area contributed by atoms with E-state index in [2.05, 4.69) is 15.9 Å². The Morgan fingerprint density at radius 1 is 1.24 bits per heavy atom. The van der Waals surface area contributed by atoms with Crippen LogP contribution in [-0.4, -0.2) is 24.0 Å². The molecular formula is C12H14BrNO3. The lowest BCUT2D eigenvalue weighted by Gasteiger charge is -2.17. The van der Waals surface area contributed by atoms with Gasteiger partial charge in [-0.2, -0.15) is 0 Å². The summed E-state index contributed by atoms with van der Waals surface area (Å²) in [5.41, 5.74) is 0.800. The third kappa shape index (κ3) is 4.56. The number of carbonyl (C=O) groups excluding carboxylic acids is 1. The first-order valence-electron chi connectivity index (χ1n) is 5.24. The summed E-state index contributed by atoms with van der Waals surface area (Å²) >= 11 is 3.32. The fourth-order valence-electron chi connectivity index (χ4n) is 1.37. The minimum atomic E-state index is -0.871. The molecule has 5 heteroatoms. The molecule has 0 saturated carbocycles. The second-order valence-electron chi connectivity index (χ2n) is 3.68. The highest BCUT2D eigenvalue weighted by Crippen LogP contribution is 2.18. The van der Waals surface area contributed by atoms with E-state index in [9.17, 15) is 9.59 Å². The van der Waals surface area contributed by atoms with E-state index in [1.165, 1.54) is 4.90 Å². The van der Waals surface area contributed by atoms with Crippen LogP contribution in [-0.2, 0) is 9.59 Å². The normalized spacial score (nSPS) is 10.0. The molecular weight excluding hydrogens is 286 g/mol. The number of amides is 1. The number of benzene rings is 1. The van der Waals surface area contributed by atoms with Gasteiger partial charge in [-0.1, -0.05) is 15.9 Å². The average molecular weight is 300 g/mol. The van der Waals surface area contributed by atoms with Crippen LogP contribution in [0.2, 0.25) is 0 Å². The van der Waals surface area contributed by atoms with Crippen LogP contribution in [0, 0.1) is 0 Å². The van der Waals surface area contributed by atoms with Crippen molar-refractivity contribution in [2.45, 2.75) is 19.3 Å². The highest BCUT2D eigenvalue weighted by molar-refractivity contribution is 9.10. The Kier molecular flexibility index (Phi) is 5.15. The van der Waals surface area contributed by atoms with Gasteiger partial charge in [0, 0.05) is 30.0 Å². The number of nitrogens with zero attached hydrogens (tertiary/aromatic N) is 1. The molecule has 1 aromatic carbocycles. The molecule has 0 spiro atoms. The summed E-state index contributed by atoms with van der Waals surface area (Å²) < 4.78 is 0.952. The van der Waals surface area contributed by atoms with Crippen LogP contribution in [0.5, 0.6) is 0 Å². The molecule has 0 aliphatic heterocycles. The van der Waals surface area contributed by atoms with Gasteiger partial charge in [0.15, 0.2) is 0 Å². The Morgan fingerprint density at radius 3 is 2.35 bits per heavy atom. The molecule has 0 bridgehead atoms.